The lowest BCUT2D eigenvalue weighted by molar-refractivity contribution is 1.50. The third kappa shape index (κ3) is 1.02. The number of hydrogen-bond donors (Lipinski definition) is 0. The van der Waals surface area contributed by atoms with E-state index in [0.717, 1.165) is 7.28 Å². The average Bonchev–Trinajstić information content (AvgIpc) is 2.54. The Bertz CT molecular complexity index is 500. The summed E-state index contributed by atoms with van der Waals surface area (Å²) in [6, 6.07) is 15.4. The van der Waals surface area contributed by atoms with Crippen molar-refractivity contribution in [1.29, 1.82) is 0 Å². The first kappa shape index (κ1) is 7.87. The predicted octanol–water partition coefficient (Wildman–Crippen LogP) is 1.36. The highest BCUT2D eigenvalue weighted by atomic mass is 14.1. The third-order valence-corrected chi connectivity index (χ3v) is 2.95. The van der Waals surface area contributed by atoms with Crippen molar-refractivity contribution < 1.29 is 0 Å². The van der Waals surface area contributed by atoms with E-state index in [4.69, 9.17) is 0 Å². The standard InChI is InChI=1S/C13H11B/c1-9-6-7-11-10-4-2-3-5-12(10)14-13(11)8-9/h2-8,14H,1H3. The zero-order chi connectivity index (χ0) is 9.54. The van der Waals surface area contributed by atoms with Crippen LogP contribution in [0, 0.1) is 6.92 Å². The lowest BCUT2D eigenvalue weighted by Crippen LogP contribution is -2.20. The third-order valence-electron chi connectivity index (χ3n) is 2.95. The minimum absolute atomic E-state index is 1.10. The first-order valence-corrected chi connectivity index (χ1v) is 5.02. The van der Waals surface area contributed by atoms with Gasteiger partial charge in [0.1, 0.15) is 0 Å². The lowest BCUT2D eigenvalue weighted by atomic mass is 9.68. The molecule has 1 aliphatic rings. The van der Waals surface area contributed by atoms with Gasteiger partial charge in [-0.2, -0.15) is 0 Å². The quantitative estimate of drug-likeness (QED) is 0.456. The van der Waals surface area contributed by atoms with Crippen LogP contribution in [-0.4, -0.2) is 7.28 Å². The maximum Gasteiger partial charge on any atom is 0.193 e. The normalized spacial score (nSPS) is 11.8. The molecular formula is C13H11B. The topological polar surface area (TPSA) is 0 Å². The smallest absolute Gasteiger partial charge is 0.0709 e. The van der Waals surface area contributed by atoms with Crippen molar-refractivity contribution in [1.82, 2.24) is 0 Å². The molecule has 2 aromatic rings. The molecule has 66 valence electrons. The van der Waals surface area contributed by atoms with Gasteiger partial charge in [0.15, 0.2) is 7.28 Å². The molecule has 0 aromatic heterocycles. The van der Waals surface area contributed by atoms with E-state index in [1.165, 1.54) is 27.6 Å². The van der Waals surface area contributed by atoms with Gasteiger partial charge in [0.2, 0.25) is 0 Å². The van der Waals surface area contributed by atoms with Crippen molar-refractivity contribution in [2.45, 2.75) is 6.92 Å². The Balaban J connectivity index is 2.27. The number of fused-ring (bicyclic) bond motifs is 3. The molecule has 0 saturated heterocycles. The first-order chi connectivity index (χ1) is 6.84. The van der Waals surface area contributed by atoms with Gasteiger partial charge < -0.3 is 0 Å². The molecule has 1 heterocycles. The van der Waals surface area contributed by atoms with Gasteiger partial charge in [0.25, 0.3) is 0 Å². The molecule has 2 aromatic carbocycles. The van der Waals surface area contributed by atoms with Crippen LogP contribution >= 0.6 is 0 Å². The summed E-state index contributed by atoms with van der Waals surface area (Å²) in [5, 5.41) is 0. The van der Waals surface area contributed by atoms with Gasteiger partial charge in [-0.25, -0.2) is 0 Å². The van der Waals surface area contributed by atoms with Crippen LogP contribution in [0.3, 0.4) is 0 Å². The highest BCUT2D eigenvalue weighted by molar-refractivity contribution is 6.73. The molecule has 14 heavy (non-hydrogen) atoms. The van der Waals surface area contributed by atoms with E-state index in [1.807, 2.05) is 0 Å². The fourth-order valence-electron chi connectivity index (χ4n) is 2.27. The minimum Gasteiger partial charge on any atom is -0.0709 e. The zero-order valence-corrected chi connectivity index (χ0v) is 8.25. The van der Waals surface area contributed by atoms with Crippen molar-refractivity contribution >= 4 is 18.2 Å². The summed E-state index contributed by atoms with van der Waals surface area (Å²) in [5.41, 5.74) is 7.14. The highest BCUT2D eigenvalue weighted by Gasteiger charge is 2.17. The molecule has 0 unspecified atom stereocenters. The number of aryl methyl sites for hydroxylation is 1. The molecule has 0 atom stereocenters. The molecule has 0 amide bonds. The molecule has 0 saturated carbocycles. The van der Waals surface area contributed by atoms with Crippen molar-refractivity contribution in [3.8, 4) is 11.1 Å². The summed E-state index contributed by atoms with van der Waals surface area (Å²) >= 11 is 0. The Labute approximate surface area is 84.8 Å². The summed E-state index contributed by atoms with van der Waals surface area (Å²) < 4.78 is 0. The number of rotatable bonds is 0. The van der Waals surface area contributed by atoms with Crippen LogP contribution in [0.1, 0.15) is 5.56 Å². The van der Waals surface area contributed by atoms with E-state index in [1.54, 1.807) is 0 Å². The van der Waals surface area contributed by atoms with Gasteiger partial charge in [-0.3, -0.25) is 0 Å². The highest BCUT2D eigenvalue weighted by Crippen LogP contribution is 2.19. The Morgan fingerprint density at radius 3 is 2.57 bits per heavy atom. The SMILES string of the molecule is Cc1ccc2c(c1)Bc1ccccc1-2. The van der Waals surface area contributed by atoms with E-state index < -0.39 is 0 Å². The molecule has 0 nitrogen and oxygen atoms in total. The van der Waals surface area contributed by atoms with Crippen LogP contribution in [0.25, 0.3) is 11.1 Å². The Morgan fingerprint density at radius 1 is 0.857 bits per heavy atom. The molecule has 0 N–H and O–H groups in total. The summed E-state index contributed by atoms with van der Waals surface area (Å²) in [6.45, 7) is 2.16. The minimum atomic E-state index is 1.10. The van der Waals surface area contributed by atoms with Crippen molar-refractivity contribution in [2.24, 2.45) is 0 Å². The van der Waals surface area contributed by atoms with Crippen molar-refractivity contribution in [2.75, 3.05) is 0 Å². The second-order valence-electron chi connectivity index (χ2n) is 3.99. The molecule has 0 radical (unpaired) electrons. The molecule has 3 rings (SSSR count). The molecule has 0 fully saturated rings. The molecule has 0 spiro atoms. The largest absolute Gasteiger partial charge is 0.193 e. The first-order valence-electron chi connectivity index (χ1n) is 5.02. The van der Waals surface area contributed by atoms with Gasteiger partial charge in [-0.1, -0.05) is 59.0 Å². The molecule has 1 heteroatoms. The van der Waals surface area contributed by atoms with Gasteiger partial charge in [-0.05, 0) is 18.1 Å². The van der Waals surface area contributed by atoms with E-state index in [0.29, 0.717) is 0 Å². The average molecular weight is 178 g/mol. The van der Waals surface area contributed by atoms with Gasteiger partial charge in [0, 0.05) is 0 Å². The van der Waals surface area contributed by atoms with Crippen molar-refractivity contribution in [3.05, 3.63) is 48.0 Å². The Kier molecular flexibility index (Phi) is 1.54. The Hall–Kier alpha value is -1.50. The van der Waals surface area contributed by atoms with Crippen LogP contribution in [0.4, 0.5) is 0 Å². The fraction of sp³-hybridized carbons (Fsp3) is 0.0769. The number of hydrogen-bond acceptors (Lipinski definition) is 0. The van der Waals surface area contributed by atoms with E-state index in [9.17, 15) is 0 Å². The van der Waals surface area contributed by atoms with Crippen LogP contribution < -0.4 is 10.9 Å². The zero-order valence-electron chi connectivity index (χ0n) is 8.25. The van der Waals surface area contributed by atoms with Crippen LogP contribution in [-0.2, 0) is 0 Å². The predicted molar refractivity (Wildman–Crippen MR) is 63.0 cm³/mol. The van der Waals surface area contributed by atoms with Crippen LogP contribution in [0.2, 0.25) is 0 Å². The van der Waals surface area contributed by atoms with E-state index >= 15 is 0 Å². The molecular weight excluding hydrogens is 167 g/mol. The Morgan fingerprint density at radius 2 is 1.64 bits per heavy atom. The molecule has 0 aliphatic carbocycles. The fourth-order valence-corrected chi connectivity index (χ4v) is 2.27. The van der Waals surface area contributed by atoms with E-state index in [-0.39, 0.29) is 0 Å². The summed E-state index contributed by atoms with van der Waals surface area (Å²) in [7, 11) is 1.10. The maximum absolute atomic E-state index is 2.30. The van der Waals surface area contributed by atoms with Crippen LogP contribution in [0.5, 0.6) is 0 Å². The molecule has 1 aliphatic heterocycles. The van der Waals surface area contributed by atoms with Crippen LogP contribution in [0.15, 0.2) is 42.5 Å². The van der Waals surface area contributed by atoms with Gasteiger partial charge in [-0.15, -0.1) is 0 Å². The summed E-state index contributed by atoms with van der Waals surface area (Å²) in [5.74, 6) is 0. The lowest BCUT2D eigenvalue weighted by Gasteiger charge is -2.01. The van der Waals surface area contributed by atoms with Crippen molar-refractivity contribution in [3.63, 3.8) is 0 Å². The van der Waals surface area contributed by atoms with E-state index in [2.05, 4.69) is 49.4 Å². The summed E-state index contributed by atoms with van der Waals surface area (Å²) in [4.78, 5) is 0. The second kappa shape index (κ2) is 2.75. The second-order valence-corrected chi connectivity index (χ2v) is 3.99. The monoisotopic (exact) mass is 178 g/mol. The summed E-state index contributed by atoms with van der Waals surface area (Å²) in [6.07, 6.45) is 0. The maximum atomic E-state index is 2.30. The number of benzene rings is 2. The molecule has 0 bridgehead atoms. The van der Waals surface area contributed by atoms with Gasteiger partial charge in [0.05, 0.1) is 0 Å². The van der Waals surface area contributed by atoms with Gasteiger partial charge >= 0.3 is 0 Å².